The second-order valence-corrected chi connectivity index (χ2v) is 5.37. The van der Waals surface area contributed by atoms with Gasteiger partial charge < -0.3 is 15.4 Å². The number of carbonyl (C=O) groups excluding carboxylic acids is 1. The number of nitrogens with one attached hydrogen (secondary N) is 2. The maximum absolute atomic E-state index is 12.1. The summed E-state index contributed by atoms with van der Waals surface area (Å²) in [6.07, 6.45) is 2.93. The molecule has 0 bridgehead atoms. The van der Waals surface area contributed by atoms with E-state index in [0.717, 1.165) is 44.7 Å². The molecule has 1 unspecified atom stereocenters. The molecule has 0 radical (unpaired) electrons. The number of para-hydroxylation sites is 1. The Bertz CT molecular complexity index is 430. The van der Waals surface area contributed by atoms with Gasteiger partial charge in [-0.15, -0.1) is 0 Å². The monoisotopic (exact) mass is 260 g/mol. The second kappa shape index (κ2) is 5.61. The Morgan fingerprint density at radius 1 is 1.42 bits per heavy atom. The Morgan fingerprint density at radius 2 is 2.32 bits per heavy atom. The molecular formula is C15H20N2O2. The lowest BCUT2D eigenvalue weighted by Gasteiger charge is -2.13. The molecule has 0 saturated carbocycles. The van der Waals surface area contributed by atoms with E-state index in [4.69, 9.17) is 4.74 Å². The van der Waals surface area contributed by atoms with Crippen molar-refractivity contribution in [2.75, 3.05) is 25.1 Å². The van der Waals surface area contributed by atoms with Crippen molar-refractivity contribution in [1.82, 2.24) is 5.32 Å². The Balaban J connectivity index is 1.44. The molecule has 2 aliphatic rings. The highest BCUT2D eigenvalue weighted by Gasteiger charge is 2.26. The van der Waals surface area contributed by atoms with Crippen LogP contribution in [-0.2, 0) is 16.0 Å². The second-order valence-electron chi connectivity index (χ2n) is 5.37. The zero-order valence-corrected chi connectivity index (χ0v) is 11.0. The minimum Gasteiger partial charge on any atom is -0.381 e. The molecule has 1 amide bonds. The van der Waals surface area contributed by atoms with Crippen LogP contribution in [0.1, 0.15) is 18.4 Å². The first kappa shape index (κ1) is 12.5. The van der Waals surface area contributed by atoms with Gasteiger partial charge in [-0.25, -0.2) is 0 Å². The van der Waals surface area contributed by atoms with Gasteiger partial charge in [0.15, 0.2) is 0 Å². The fourth-order valence-electron chi connectivity index (χ4n) is 2.79. The van der Waals surface area contributed by atoms with Crippen molar-refractivity contribution in [3.63, 3.8) is 0 Å². The fraction of sp³-hybridized carbons (Fsp3) is 0.533. The molecule has 19 heavy (non-hydrogen) atoms. The van der Waals surface area contributed by atoms with Gasteiger partial charge in [-0.2, -0.15) is 0 Å². The number of anilines is 1. The zero-order chi connectivity index (χ0) is 13.1. The number of fused-ring (bicyclic) bond motifs is 1. The third kappa shape index (κ3) is 2.89. The zero-order valence-electron chi connectivity index (χ0n) is 11.0. The van der Waals surface area contributed by atoms with Gasteiger partial charge in [0.25, 0.3) is 0 Å². The molecule has 1 saturated heterocycles. The molecule has 4 heteroatoms. The van der Waals surface area contributed by atoms with Gasteiger partial charge >= 0.3 is 0 Å². The average molecular weight is 260 g/mol. The molecule has 102 valence electrons. The fourth-order valence-corrected chi connectivity index (χ4v) is 2.79. The van der Waals surface area contributed by atoms with Gasteiger partial charge in [0.1, 0.15) is 6.04 Å². The molecule has 0 spiro atoms. The van der Waals surface area contributed by atoms with Gasteiger partial charge in [0.05, 0.1) is 0 Å². The number of benzene rings is 1. The van der Waals surface area contributed by atoms with Crippen LogP contribution in [-0.4, -0.2) is 31.7 Å². The van der Waals surface area contributed by atoms with Crippen molar-refractivity contribution in [1.29, 1.82) is 0 Å². The minimum atomic E-state index is -0.114. The predicted molar refractivity (Wildman–Crippen MR) is 74.1 cm³/mol. The van der Waals surface area contributed by atoms with E-state index in [-0.39, 0.29) is 11.9 Å². The normalized spacial score (nSPS) is 24.8. The highest BCUT2D eigenvalue weighted by Crippen LogP contribution is 2.25. The van der Waals surface area contributed by atoms with Crippen LogP contribution in [0.5, 0.6) is 0 Å². The predicted octanol–water partition coefficient (Wildman–Crippen LogP) is 1.57. The molecule has 3 rings (SSSR count). The van der Waals surface area contributed by atoms with Gasteiger partial charge in [0.2, 0.25) is 5.91 Å². The summed E-state index contributed by atoms with van der Waals surface area (Å²) in [4.78, 5) is 12.1. The quantitative estimate of drug-likeness (QED) is 0.864. The number of rotatable bonds is 4. The molecule has 4 nitrogen and oxygen atoms in total. The molecule has 0 aromatic heterocycles. The Hall–Kier alpha value is -1.55. The van der Waals surface area contributed by atoms with Crippen molar-refractivity contribution >= 4 is 11.6 Å². The van der Waals surface area contributed by atoms with Gasteiger partial charge in [-0.3, -0.25) is 4.79 Å². The number of carbonyl (C=O) groups is 1. The Labute approximate surface area is 113 Å². The van der Waals surface area contributed by atoms with E-state index >= 15 is 0 Å². The maximum atomic E-state index is 12.1. The third-order valence-corrected chi connectivity index (χ3v) is 3.96. The van der Waals surface area contributed by atoms with Gasteiger partial charge in [0, 0.05) is 31.9 Å². The molecule has 1 aromatic carbocycles. The molecule has 2 aliphatic heterocycles. The van der Waals surface area contributed by atoms with Crippen LogP contribution >= 0.6 is 0 Å². The van der Waals surface area contributed by atoms with Crippen molar-refractivity contribution < 1.29 is 9.53 Å². The first-order valence-electron chi connectivity index (χ1n) is 7.03. The van der Waals surface area contributed by atoms with Crippen LogP contribution in [0.2, 0.25) is 0 Å². The van der Waals surface area contributed by atoms with Crippen LogP contribution in [0.25, 0.3) is 0 Å². The summed E-state index contributed by atoms with van der Waals surface area (Å²) in [6, 6.07) is 7.99. The van der Waals surface area contributed by atoms with Gasteiger partial charge in [-0.05, 0) is 30.4 Å². The Kier molecular flexibility index (Phi) is 3.69. The lowest BCUT2D eigenvalue weighted by molar-refractivity contribution is -0.121. The van der Waals surface area contributed by atoms with Crippen molar-refractivity contribution in [2.24, 2.45) is 5.92 Å². The van der Waals surface area contributed by atoms with Crippen molar-refractivity contribution in [3.05, 3.63) is 29.8 Å². The molecule has 0 aliphatic carbocycles. The lowest BCUT2D eigenvalue weighted by Crippen LogP contribution is -2.39. The SMILES string of the molecule is O=C(NCCC1CCOC1)[C@@H]1Cc2ccccc2N1. The molecule has 1 aromatic rings. The third-order valence-electron chi connectivity index (χ3n) is 3.96. The van der Waals surface area contributed by atoms with E-state index < -0.39 is 0 Å². The van der Waals surface area contributed by atoms with Crippen LogP contribution < -0.4 is 10.6 Å². The first-order chi connectivity index (χ1) is 9.33. The minimum absolute atomic E-state index is 0.107. The molecular weight excluding hydrogens is 240 g/mol. The lowest BCUT2D eigenvalue weighted by atomic mass is 10.1. The summed E-state index contributed by atoms with van der Waals surface area (Å²) in [6.45, 7) is 2.47. The summed E-state index contributed by atoms with van der Waals surface area (Å²) in [5.74, 6) is 0.726. The van der Waals surface area contributed by atoms with Crippen molar-refractivity contribution in [3.8, 4) is 0 Å². The number of amides is 1. The van der Waals surface area contributed by atoms with E-state index in [2.05, 4.69) is 16.7 Å². The standard InChI is InChI=1S/C15H20N2O2/c18-15(16-7-5-11-6-8-19-10-11)14-9-12-3-1-2-4-13(12)17-14/h1-4,11,14,17H,5-10H2,(H,16,18)/t11?,14-/m0/s1. The van der Waals surface area contributed by atoms with E-state index in [0.29, 0.717) is 5.92 Å². The molecule has 1 fully saturated rings. The maximum Gasteiger partial charge on any atom is 0.242 e. The van der Waals surface area contributed by atoms with E-state index in [1.54, 1.807) is 0 Å². The molecule has 2 N–H and O–H groups in total. The summed E-state index contributed by atoms with van der Waals surface area (Å²) in [5.41, 5.74) is 2.32. The van der Waals surface area contributed by atoms with Gasteiger partial charge in [-0.1, -0.05) is 18.2 Å². The topological polar surface area (TPSA) is 50.4 Å². The van der Waals surface area contributed by atoms with Crippen LogP contribution in [0.4, 0.5) is 5.69 Å². The van der Waals surface area contributed by atoms with Crippen LogP contribution in [0, 0.1) is 5.92 Å². The van der Waals surface area contributed by atoms with Crippen LogP contribution in [0.3, 0.4) is 0 Å². The largest absolute Gasteiger partial charge is 0.381 e. The smallest absolute Gasteiger partial charge is 0.242 e. The number of hydrogen-bond donors (Lipinski definition) is 2. The Morgan fingerprint density at radius 3 is 3.11 bits per heavy atom. The van der Waals surface area contributed by atoms with E-state index in [1.807, 2.05) is 18.2 Å². The number of hydrogen-bond acceptors (Lipinski definition) is 3. The molecule has 2 atom stereocenters. The highest BCUT2D eigenvalue weighted by atomic mass is 16.5. The summed E-state index contributed by atoms with van der Waals surface area (Å²) in [7, 11) is 0. The van der Waals surface area contributed by atoms with E-state index in [1.165, 1.54) is 5.56 Å². The van der Waals surface area contributed by atoms with E-state index in [9.17, 15) is 4.79 Å². The summed E-state index contributed by atoms with van der Waals surface area (Å²) >= 11 is 0. The summed E-state index contributed by atoms with van der Waals surface area (Å²) < 4.78 is 5.33. The average Bonchev–Trinajstić information content (AvgIpc) is 3.07. The number of ether oxygens (including phenoxy) is 1. The van der Waals surface area contributed by atoms with Crippen LogP contribution in [0.15, 0.2) is 24.3 Å². The summed E-state index contributed by atoms with van der Waals surface area (Å²) in [5, 5.41) is 6.31. The highest BCUT2D eigenvalue weighted by molar-refractivity contribution is 5.87. The molecule has 2 heterocycles. The van der Waals surface area contributed by atoms with Crippen molar-refractivity contribution in [2.45, 2.75) is 25.3 Å². The first-order valence-corrected chi connectivity index (χ1v) is 7.03.